The van der Waals surface area contributed by atoms with Crippen molar-refractivity contribution >= 4 is 5.69 Å². The largest absolute Gasteiger partial charge is 0.492 e. The van der Waals surface area contributed by atoms with Crippen LogP contribution in [0.4, 0.5) is 5.69 Å². The fourth-order valence-corrected chi connectivity index (χ4v) is 1.10. The van der Waals surface area contributed by atoms with Gasteiger partial charge in [-0.05, 0) is 18.8 Å². The number of nitrogens with zero attached hydrogens (tertiary/aromatic N) is 2. The summed E-state index contributed by atoms with van der Waals surface area (Å²) >= 11 is 0. The number of hydrogen-bond donors (Lipinski definition) is 2. The van der Waals surface area contributed by atoms with Gasteiger partial charge in [-0.15, -0.1) is 0 Å². The molecule has 0 spiro atoms. The third kappa shape index (κ3) is 1.47. The van der Waals surface area contributed by atoms with Crippen LogP contribution in [0.15, 0.2) is 6.20 Å². The summed E-state index contributed by atoms with van der Waals surface area (Å²) in [6.07, 6.45) is 4.84. The maximum atomic E-state index is 9.16. The monoisotopic (exact) mass is 165 g/mol. The molecule has 4 nitrogen and oxygen atoms in total. The molecule has 64 valence electrons. The van der Waals surface area contributed by atoms with Crippen LogP contribution in [-0.2, 0) is 6.42 Å². The molecule has 0 unspecified atom stereocenters. The van der Waals surface area contributed by atoms with Gasteiger partial charge in [-0.3, -0.25) is 0 Å². The third-order valence-electron chi connectivity index (χ3n) is 2.01. The summed E-state index contributed by atoms with van der Waals surface area (Å²) in [5.74, 6) is 1.33. The molecule has 2 rings (SSSR count). The molecule has 1 heterocycles. The summed E-state index contributed by atoms with van der Waals surface area (Å²) in [6, 6.07) is 0. The second kappa shape index (κ2) is 2.62. The Labute approximate surface area is 70.5 Å². The molecule has 0 radical (unpaired) electrons. The zero-order chi connectivity index (χ0) is 8.55. The lowest BCUT2D eigenvalue weighted by atomic mass is 10.3. The average molecular weight is 165 g/mol. The maximum Gasteiger partial charge on any atom is 0.238 e. The number of aromatic hydroxyl groups is 1. The Morgan fingerprint density at radius 1 is 1.58 bits per heavy atom. The second-order valence-corrected chi connectivity index (χ2v) is 3.21. The zero-order valence-electron chi connectivity index (χ0n) is 6.70. The first-order valence-corrected chi connectivity index (χ1v) is 4.06. The van der Waals surface area contributed by atoms with E-state index in [1.54, 1.807) is 0 Å². The average Bonchev–Trinajstić information content (AvgIpc) is 2.81. The quantitative estimate of drug-likeness (QED) is 0.677. The van der Waals surface area contributed by atoms with Gasteiger partial charge in [0.15, 0.2) is 0 Å². The van der Waals surface area contributed by atoms with Crippen LogP contribution in [0.2, 0.25) is 0 Å². The van der Waals surface area contributed by atoms with Gasteiger partial charge in [0.25, 0.3) is 0 Å². The van der Waals surface area contributed by atoms with Crippen molar-refractivity contribution in [2.24, 2.45) is 5.92 Å². The normalized spacial score (nSPS) is 16.3. The first-order chi connectivity index (χ1) is 5.75. The Bertz CT molecular complexity index is 296. The van der Waals surface area contributed by atoms with Gasteiger partial charge in [-0.2, -0.15) is 4.98 Å². The predicted molar refractivity (Wildman–Crippen MR) is 44.5 cm³/mol. The fraction of sp³-hybridized carbons (Fsp3) is 0.500. The molecule has 0 atom stereocenters. The molecule has 0 saturated heterocycles. The minimum atomic E-state index is -0.0966. The Kier molecular flexibility index (Phi) is 1.60. The molecule has 0 amide bonds. The highest BCUT2D eigenvalue weighted by atomic mass is 16.3. The number of nitrogens with two attached hydrogens (primary N) is 1. The van der Waals surface area contributed by atoms with E-state index in [2.05, 4.69) is 9.97 Å². The van der Waals surface area contributed by atoms with Crippen molar-refractivity contribution in [2.75, 3.05) is 5.73 Å². The molecule has 1 aromatic heterocycles. The van der Waals surface area contributed by atoms with Gasteiger partial charge < -0.3 is 10.8 Å². The Balaban J connectivity index is 2.15. The molecule has 4 heteroatoms. The van der Waals surface area contributed by atoms with Crippen molar-refractivity contribution in [3.05, 3.63) is 12.0 Å². The lowest BCUT2D eigenvalue weighted by molar-refractivity contribution is 0.451. The second-order valence-electron chi connectivity index (χ2n) is 3.21. The summed E-state index contributed by atoms with van der Waals surface area (Å²) in [7, 11) is 0. The number of hydrogen-bond acceptors (Lipinski definition) is 4. The summed E-state index contributed by atoms with van der Waals surface area (Å²) < 4.78 is 0. The lowest BCUT2D eigenvalue weighted by Gasteiger charge is -1.99. The number of nitrogen functional groups attached to an aromatic ring is 1. The minimum Gasteiger partial charge on any atom is -0.492 e. The minimum absolute atomic E-state index is 0.0966. The standard InChI is InChI=1S/C8H11N3O/c9-6-4-10-7(11-8(6)12)3-5-1-2-5/h4-5H,1-3,9H2,(H,10,11,12). The molecular formula is C8H11N3O. The van der Waals surface area contributed by atoms with Crippen molar-refractivity contribution in [3.63, 3.8) is 0 Å². The van der Waals surface area contributed by atoms with Gasteiger partial charge in [0.2, 0.25) is 5.88 Å². The number of anilines is 1. The van der Waals surface area contributed by atoms with Gasteiger partial charge in [0.1, 0.15) is 11.5 Å². The van der Waals surface area contributed by atoms with Gasteiger partial charge in [-0.25, -0.2) is 4.98 Å². The van der Waals surface area contributed by atoms with E-state index < -0.39 is 0 Å². The van der Waals surface area contributed by atoms with Crippen LogP contribution < -0.4 is 5.73 Å². The van der Waals surface area contributed by atoms with E-state index in [1.165, 1.54) is 19.0 Å². The SMILES string of the molecule is Nc1cnc(CC2CC2)nc1O. The van der Waals surface area contributed by atoms with Gasteiger partial charge in [-0.1, -0.05) is 0 Å². The molecule has 1 aliphatic rings. The van der Waals surface area contributed by atoms with E-state index in [0.29, 0.717) is 5.82 Å². The van der Waals surface area contributed by atoms with Crippen molar-refractivity contribution < 1.29 is 5.11 Å². The highest BCUT2D eigenvalue weighted by Gasteiger charge is 2.22. The molecule has 1 aliphatic carbocycles. The van der Waals surface area contributed by atoms with Gasteiger partial charge >= 0.3 is 0 Å². The topological polar surface area (TPSA) is 72.0 Å². The first kappa shape index (κ1) is 7.34. The molecular weight excluding hydrogens is 154 g/mol. The summed E-state index contributed by atoms with van der Waals surface area (Å²) in [5, 5.41) is 9.16. The molecule has 1 fully saturated rings. The van der Waals surface area contributed by atoms with E-state index in [0.717, 1.165) is 12.3 Å². The number of aromatic nitrogens is 2. The van der Waals surface area contributed by atoms with Crippen molar-refractivity contribution in [1.29, 1.82) is 0 Å². The van der Waals surface area contributed by atoms with Crippen LogP contribution in [0.25, 0.3) is 0 Å². The summed E-state index contributed by atoms with van der Waals surface area (Å²) in [6.45, 7) is 0. The lowest BCUT2D eigenvalue weighted by Crippen LogP contribution is -1.98. The van der Waals surface area contributed by atoms with Crippen molar-refractivity contribution in [1.82, 2.24) is 9.97 Å². The Morgan fingerprint density at radius 2 is 2.33 bits per heavy atom. The zero-order valence-corrected chi connectivity index (χ0v) is 6.70. The molecule has 0 aromatic carbocycles. The molecule has 1 saturated carbocycles. The highest BCUT2D eigenvalue weighted by Crippen LogP contribution is 2.32. The number of rotatable bonds is 2. The van der Waals surface area contributed by atoms with Crippen LogP contribution in [0, 0.1) is 5.92 Å². The van der Waals surface area contributed by atoms with Crippen LogP contribution in [0.3, 0.4) is 0 Å². The summed E-state index contributed by atoms with van der Waals surface area (Å²) in [5.41, 5.74) is 5.61. The molecule has 0 aliphatic heterocycles. The third-order valence-corrected chi connectivity index (χ3v) is 2.01. The van der Waals surface area contributed by atoms with Crippen LogP contribution >= 0.6 is 0 Å². The fourth-order valence-electron chi connectivity index (χ4n) is 1.10. The smallest absolute Gasteiger partial charge is 0.238 e. The van der Waals surface area contributed by atoms with E-state index in [-0.39, 0.29) is 11.6 Å². The van der Waals surface area contributed by atoms with E-state index in [4.69, 9.17) is 10.8 Å². The highest BCUT2D eigenvalue weighted by molar-refractivity contribution is 5.44. The van der Waals surface area contributed by atoms with Crippen LogP contribution in [-0.4, -0.2) is 15.1 Å². The summed E-state index contributed by atoms with van der Waals surface area (Å²) in [4.78, 5) is 7.90. The molecule has 12 heavy (non-hydrogen) atoms. The Hall–Kier alpha value is -1.32. The van der Waals surface area contributed by atoms with E-state index in [1.807, 2.05) is 0 Å². The molecule has 3 N–H and O–H groups in total. The van der Waals surface area contributed by atoms with Gasteiger partial charge in [0.05, 0.1) is 6.20 Å². The predicted octanol–water partition coefficient (Wildman–Crippen LogP) is 0.717. The molecule has 1 aromatic rings. The van der Waals surface area contributed by atoms with Crippen LogP contribution in [0.1, 0.15) is 18.7 Å². The van der Waals surface area contributed by atoms with Crippen molar-refractivity contribution in [2.45, 2.75) is 19.3 Å². The van der Waals surface area contributed by atoms with Crippen LogP contribution in [0.5, 0.6) is 5.88 Å². The van der Waals surface area contributed by atoms with Gasteiger partial charge in [0, 0.05) is 6.42 Å². The maximum absolute atomic E-state index is 9.16. The van der Waals surface area contributed by atoms with E-state index in [9.17, 15) is 0 Å². The van der Waals surface area contributed by atoms with Crippen molar-refractivity contribution in [3.8, 4) is 5.88 Å². The van der Waals surface area contributed by atoms with E-state index >= 15 is 0 Å². The first-order valence-electron chi connectivity index (χ1n) is 4.06. The molecule has 0 bridgehead atoms. The Morgan fingerprint density at radius 3 is 2.92 bits per heavy atom.